The number of carbonyl (C=O) groups excluding carboxylic acids is 1. The molecule has 1 rings (SSSR count). The SMILES string of the molecule is CC(C)(C)OC(=O)NC1CCC(C(C)(CN)CO)CC1. The lowest BCUT2D eigenvalue weighted by Gasteiger charge is -2.40. The van der Waals surface area contributed by atoms with Crippen LogP contribution in [0.15, 0.2) is 0 Å². The van der Waals surface area contributed by atoms with Gasteiger partial charge in [-0.25, -0.2) is 4.79 Å². The van der Waals surface area contributed by atoms with Crippen LogP contribution in [-0.2, 0) is 4.74 Å². The van der Waals surface area contributed by atoms with E-state index in [1.165, 1.54) is 0 Å². The smallest absolute Gasteiger partial charge is 0.407 e. The van der Waals surface area contributed by atoms with Crippen molar-refractivity contribution >= 4 is 6.09 Å². The first-order valence-electron chi connectivity index (χ1n) is 7.50. The molecule has 4 N–H and O–H groups in total. The molecule has 0 radical (unpaired) electrons. The molecule has 0 bridgehead atoms. The quantitative estimate of drug-likeness (QED) is 0.738. The number of ether oxygens (including phenoxy) is 1. The highest BCUT2D eigenvalue weighted by Gasteiger charge is 2.35. The van der Waals surface area contributed by atoms with Gasteiger partial charge in [0, 0.05) is 24.6 Å². The van der Waals surface area contributed by atoms with Gasteiger partial charge in [0.05, 0.1) is 0 Å². The van der Waals surface area contributed by atoms with E-state index in [1.807, 2.05) is 27.7 Å². The fraction of sp³-hybridized carbons (Fsp3) is 0.933. The molecule has 118 valence electrons. The van der Waals surface area contributed by atoms with E-state index in [1.54, 1.807) is 0 Å². The van der Waals surface area contributed by atoms with Gasteiger partial charge < -0.3 is 20.9 Å². The molecule has 0 heterocycles. The van der Waals surface area contributed by atoms with Gasteiger partial charge in [0.2, 0.25) is 0 Å². The Bertz CT molecular complexity index is 314. The Hall–Kier alpha value is -0.810. The lowest BCUT2D eigenvalue weighted by molar-refractivity contribution is 0.0406. The predicted octanol–water partition coefficient (Wildman–Crippen LogP) is 2.03. The molecule has 1 fully saturated rings. The van der Waals surface area contributed by atoms with Gasteiger partial charge in [0.1, 0.15) is 5.60 Å². The summed E-state index contributed by atoms with van der Waals surface area (Å²) in [5, 5.41) is 12.4. The average molecular weight is 286 g/mol. The molecule has 0 aromatic heterocycles. The zero-order valence-electron chi connectivity index (χ0n) is 13.2. The number of nitrogens with two attached hydrogens (primary N) is 1. The number of alkyl carbamates (subject to hydrolysis) is 1. The minimum atomic E-state index is -0.462. The Morgan fingerprint density at radius 2 is 1.80 bits per heavy atom. The summed E-state index contributed by atoms with van der Waals surface area (Å²) in [5.74, 6) is 0.425. The first kappa shape index (κ1) is 17.2. The molecule has 1 aliphatic carbocycles. The number of aliphatic hydroxyl groups excluding tert-OH is 1. The average Bonchev–Trinajstić information content (AvgIpc) is 2.36. The molecule has 1 aliphatic rings. The van der Waals surface area contributed by atoms with Crippen molar-refractivity contribution < 1.29 is 14.6 Å². The van der Waals surface area contributed by atoms with Crippen LogP contribution in [0.25, 0.3) is 0 Å². The lowest BCUT2D eigenvalue weighted by atomic mass is 9.69. The van der Waals surface area contributed by atoms with Gasteiger partial charge >= 0.3 is 6.09 Å². The largest absolute Gasteiger partial charge is 0.444 e. The number of carbonyl (C=O) groups is 1. The molecule has 1 unspecified atom stereocenters. The molecule has 20 heavy (non-hydrogen) atoms. The van der Waals surface area contributed by atoms with Crippen LogP contribution < -0.4 is 11.1 Å². The standard InChI is InChI=1S/C15H30N2O3/c1-14(2,3)20-13(19)17-12-7-5-11(6-8-12)15(4,9-16)10-18/h11-12,18H,5-10,16H2,1-4H3,(H,17,19). The number of hydrogen-bond acceptors (Lipinski definition) is 4. The topological polar surface area (TPSA) is 84.6 Å². The molecule has 0 aromatic carbocycles. The van der Waals surface area contributed by atoms with Gasteiger partial charge in [-0.1, -0.05) is 6.92 Å². The van der Waals surface area contributed by atoms with Crippen molar-refractivity contribution in [2.45, 2.75) is 65.0 Å². The molecule has 0 aliphatic heterocycles. The number of rotatable bonds is 4. The van der Waals surface area contributed by atoms with Gasteiger partial charge in [0.25, 0.3) is 0 Å². The van der Waals surface area contributed by atoms with E-state index in [9.17, 15) is 9.90 Å². The summed E-state index contributed by atoms with van der Waals surface area (Å²) < 4.78 is 5.27. The minimum Gasteiger partial charge on any atom is -0.444 e. The van der Waals surface area contributed by atoms with Crippen LogP contribution >= 0.6 is 0 Å². The van der Waals surface area contributed by atoms with Crippen molar-refractivity contribution in [3.05, 3.63) is 0 Å². The van der Waals surface area contributed by atoms with Gasteiger partial charge in [-0.3, -0.25) is 0 Å². The number of hydrogen-bond donors (Lipinski definition) is 3. The van der Waals surface area contributed by atoms with Crippen LogP contribution in [0.5, 0.6) is 0 Å². The molecule has 1 amide bonds. The second-order valence-electron chi connectivity index (χ2n) is 7.21. The van der Waals surface area contributed by atoms with Crippen LogP contribution in [0.4, 0.5) is 4.79 Å². The lowest BCUT2D eigenvalue weighted by Crippen LogP contribution is -2.45. The second kappa shape index (κ2) is 6.76. The molecular weight excluding hydrogens is 256 g/mol. The number of amides is 1. The summed E-state index contributed by atoms with van der Waals surface area (Å²) in [4.78, 5) is 11.7. The number of nitrogens with one attached hydrogen (secondary N) is 1. The van der Waals surface area contributed by atoms with Gasteiger partial charge in [-0.05, 0) is 52.4 Å². The fourth-order valence-corrected chi connectivity index (χ4v) is 2.77. The maximum atomic E-state index is 11.7. The van der Waals surface area contributed by atoms with Crippen molar-refractivity contribution in [3.63, 3.8) is 0 Å². The van der Waals surface area contributed by atoms with E-state index in [4.69, 9.17) is 10.5 Å². The zero-order chi connectivity index (χ0) is 15.4. The molecule has 0 aromatic rings. The van der Waals surface area contributed by atoms with Crippen LogP contribution in [0.1, 0.15) is 53.4 Å². The Morgan fingerprint density at radius 3 is 2.20 bits per heavy atom. The zero-order valence-corrected chi connectivity index (χ0v) is 13.2. The van der Waals surface area contributed by atoms with E-state index < -0.39 is 5.60 Å². The van der Waals surface area contributed by atoms with E-state index in [2.05, 4.69) is 5.32 Å². The Balaban J connectivity index is 2.41. The normalized spacial score (nSPS) is 26.7. The summed E-state index contributed by atoms with van der Waals surface area (Å²) in [6.45, 7) is 8.24. The third kappa shape index (κ3) is 4.94. The highest BCUT2D eigenvalue weighted by atomic mass is 16.6. The van der Waals surface area contributed by atoms with Crippen LogP contribution in [-0.4, -0.2) is 36.0 Å². The maximum Gasteiger partial charge on any atom is 0.407 e. The molecular formula is C15H30N2O3. The Kier molecular flexibility index (Phi) is 5.83. The molecule has 5 nitrogen and oxygen atoms in total. The first-order valence-corrected chi connectivity index (χ1v) is 7.50. The van der Waals surface area contributed by atoms with Crippen LogP contribution in [0.3, 0.4) is 0 Å². The number of aliphatic hydroxyl groups is 1. The predicted molar refractivity (Wildman–Crippen MR) is 79.4 cm³/mol. The van der Waals surface area contributed by atoms with Gasteiger partial charge in [-0.2, -0.15) is 0 Å². The summed E-state index contributed by atoms with van der Waals surface area (Å²) in [6.07, 6.45) is 3.45. The molecule has 1 saturated carbocycles. The van der Waals surface area contributed by atoms with Crippen molar-refractivity contribution in [2.24, 2.45) is 17.1 Å². The third-order valence-corrected chi connectivity index (χ3v) is 4.26. The summed E-state index contributed by atoms with van der Waals surface area (Å²) >= 11 is 0. The summed E-state index contributed by atoms with van der Waals surface area (Å²) in [6, 6.07) is 0.168. The van der Waals surface area contributed by atoms with E-state index in [-0.39, 0.29) is 24.2 Å². The van der Waals surface area contributed by atoms with Gasteiger partial charge in [0.15, 0.2) is 0 Å². The maximum absolute atomic E-state index is 11.7. The minimum absolute atomic E-state index is 0.123. The molecule has 0 saturated heterocycles. The van der Waals surface area contributed by atoms with Gasteiger partial charge in [-0.15, -0.1) is 0 Å². The third-order valence-electron chi connectivity index (χ3n) is 4.26. The molecule has 0 spiro atoms. The van der Waals surface area contributed by atoms with Crippen molar-refractivity contribution in [1.82, 2.24) is 5.32 Å². The summed E-state index contributed by atoms with van der Waals surface area (Å²) in [7, 11) is 0. The Labute approximate surface area is 122 Å². The summed E-state index contributed by atoms with van der Waals surface area (Å²) in [5.41, 5.74) is 5.12. The fourth-order valence-electron chi connectivity index (χ4n) is 2.77. The first-order chi connectivity index (χ1) is 9.20. The van der Waals surface area contributed by atoms with Crippen LogP contribution in [0, 0.1) is 11.3 Å². The van der Waals surface area contributed by atoms with Crippen molar-refractivity contribution in [1.29, 1.82) is 0 Å². The monoisotopic (exact) mass is 286 g/mol. The van der Waals surface area contributed by atoms with E-state index in [0.29, 0.717) is 12.5 Å². The van der Waals surface area contributed by atoms with E-state index in [0.717, 1.165) is 25.7 Å². The molecule has 1 atom stereocenters. The molecule has 5 heteroatoms. The Morgan fingerprint density at radius 1 is 1.25 bits per heavy atom. The highest BCUT2D eigenvalue weighted by molar-refractivity contribution is 5.68. The highest BCUT2D eigenvalue weighted by Crippen LogP contribution is 2.37. The van der Waals surface area contributed by atoms with Crippen molar-refractivity contribution in [3.8, 4) is 0 Å². The second-order valence-corrected chi connectivity index (χ2v) is 7.21. The van der Waals surface area contributed by atoms with Crippen molar-refractivity contribution in [2.75, 3.05) is 13.2 Å². The van der Waals surface area contributed by atoms with Crippen LogP contribution in [0.2, 0.25) is 0 Å². The van der Waals surface area contributed by atoms with E-state index >= 15 is 0 Å².